The van der Waals surface area contributed by atoms with Gasteiger partial charge in [0.1, 0.15) is 0 Å². The van der Waals surface area contributed by atoms with Gasteiger partial charge in [-0.15, -0.1) is 0 Å². The number of rotatable bonds is 7. The van der Waals surface area contributed by atoms with E-state index in [0.717, 1.165) is 5.56 Å². The number of sulfonamides is 1. The number of nitriles is 1. The third kappa shape index (κ3) is 5.11. The van der Waals surface area contributed by atoms with E-state index in [-0.39, 0.29) is 22.3 Å². The van der Waals surface area contributed by atoms with Crippen molar-refractivity contribution in [3.63, 3.8) is 0 Å². The average molecular weight is 400 g/mol. The molecule has 2 aromatic rings. The first kappa shape index (κ1) is 21.5. The molecule has 148 valence electrons. The summed E-state index contributed by atoms with van der Waals surface area (Å²) in [5.74, 6) is -0.600. The van der Waals surface area contributed by atoms with Crippen molar-refractivity contribution in [2.24, 2.45) is 5.92 Å². The maximum Gasteiger partial charge on any atom is 0.262 e. The minimum absolute atomic E-state index is 0.0586. The first-order valence-electron chi connectivity index (χ1n) is 9.07. The van der Waals surface area contributed by atoms with Crippen LogP contribution in [0, 0.1) is 31.1 Å². The van der Waals surface area contributed by atoms with Gasteiger partial charge in [0.25, 0.3) is 15.9 Å². The number of benzene rings is 2. The quantitative estimate of drug-likeness (QED) is 0.768. The Morgan fingerprint density at radius 2 is 1.82 bits per heavy atom. The van der Waals surface area contributed by atoms with Crippen LogP contribution < -0.4 is 4.72 Å². The van der Waals surface area contributed by atoms with Crippen LogP contribution in [-0.4, -0.2) is 32.3 Å². The van der Waals surface area contributed by atoms with Gasteiger partial charge >= 0.3 is 0 Å². The van der Waals surface area contributed by atoms with E-state index in [1.54, 1.807) is 43.0 Å². The summed E-state index contributed by atoms with van der Waals surface area (Å²) in [5, 5.41) is 9.00. The molecular weight excluding hydrogens is 374 g/mol. The third-order valence-electron chi connectivity index (χ3n) is 4.41. The number of aryl methyl sites for hydroxylation is 2. The lowest BCUT2D eigenvalue weighted by Crippen LogP contribution is -2.34. The molecule has 0 radical (unpaired) electrons. The molecule has 0 aliphatic heterocycles. The van der Waals surface area contributed by atoms with Crippen molar-refractivity contribution in [2.45, 2.75) is 32.6 Å². The standard InChI is InChI=1S/C21H25N3O3S/c1-5-24(14-16(3)13-22)21(25)18-9-8-17(4)20(12-18)28(26,27)23-19-10-6-15(2)7-11-19/h6-12,16,23H,5,14H2,1-4H3. The third-order valence-corrected chi connectivity index (χ3v) is 5.94. The number of nitrogens with zero attached hydrogens (tertiary/aromatic N) is 2. The molecule has 0 fully saturated rings. The van der Waals surface area contributed by atoms with Gasteiger partial charge in [0.15, 0.2) is 0 Å². The van der Waals surface area contributed by atoms with Crippen LogP contribution in [0.4, 0.5) is 5.69 Å². The molecule has 0 heterocycles. The average Bonchev–Trinajstić information content (AvgIpc) is 2.67. The maximum atomic E-state index is 12.9. The second kappa shape index (κ2) is 8.89. The minimum Gasteiger partial charge on any atom is -0.338 e. The molecule has 2 aromatic carbocycles. The van der Waals surface area contributed by atoms with Gasteiger partial charge in [-0.25, -0.2) is 8.42 Å². The van der Waals surface area contributed by atoms with Gasteiger partial charge in [0.2, 0.25) is 0 Å². The highest BCUT2D eigenvalue weighted by Gasteiger charge is 2.22. The van der Waals surface area contributed by atoms with E-state index in [1.807, 2.05) is 26.0 Å². The molecule has 1 atom stereocenters. The van der Waals surface area contributed by atoms with Crippen LogP contribution >= 0.6 is 0 Å². The Hall–Kier alpha value is -2.85. The Balaban J connectivity index is 2.34. The van der Waals surface area contributed by atoms with Crippen molar-refractivity contribution in [3.8, 4) is 6.07 Å². The summed E-state index contributed by atoms with van der Waals surface area (Å²) in [6.07, 6.45) is 0. The first-order valence-corrected chi connectivity index (χ1v) is 10.5. The highest BCUT2D eigenvalue weighted by Crippen LogP contribution is 2.22. The van der Waals surface area contributed by atoms with Crippen LogP contribution in [-0.2, 0) is 10.0 Å². The Labute approximate surface area is 166 Å². The van der Waals surface area contributed by atoms with E-state index in [4.69, 9.17) is 5.26 Å². The summed E-state index contributed by atoms with van der Waals surface area (Å²) in [6.45, 7) is 7.91. The number of nitrogens with one attached hydrogen (secondary N) is 1. The monoisotopic (exact) mass is 399 g/mol. The van der Waals surface area contributed by atoms with Crippen LogP contribution in [0.25, 0.3) is 0 Å². The summed E-state index contributed by atoms with van der Waals surface area (Å²) in [6, 6.07) is 13.8. The maximum absolute atomic E-state index is 12.9. The SMILES string of the molecule is CCN(CC(C)C#N)C(=O)c1ccc(C)c(S(=O)(=O)Nc2ccc(C)cc2)c1. The lowest BCUT2D eigenvalue weighted by Gasteiger charge is -2.22. The fourth-order valence-corrected chi connectivity index (χ4v) is 4.09. The Bertz CT molecular complexity index is 993. The zero-order chi connectivity index (χ0) is 20.9. The van der Waals surface area contributed by atoms with Gasteiger partial charge < -0.3 is 4.90 Å². The number of carbonyl (C=O) groups excluding carboxylic acids is 1. The molecule has 6 nitrogen and oxygen atoms in total. The second-order valence-electron chi connectivity index (χ2n) is 6.83. The number of hydrogen-bond acceptors (Lipinski definition) is 4. The van der Waals surface area contributed by atoms with E-state index in [9.17, 15) is 13.2 Å². The molecule has 0 saturated heterocycles. The molecule has 1 unspecified atom stereocenters. The van der Waals surface area contributed by atoms with Gasteiger partial charge in [0.05, 0.1) is 16.9 Å². The summed E-state index contributed by atoms with van der Waals surface area (Å²) in [7, 11) is -3.85. The van der Waals surface area contributed by atoms with Crippen molar-refractivity contribution in [3.05, 3.63) is 59.2 Å². The minimum atomic E-state index is -3.85. The van der Waals surface area contributed by atoms with Crippen LogP contribution in [0.5, 0.6) is 0 Å². The van der Waals surface area contributed by atoms with Gasteiger partial charge in [-0.05, 0) is 57.5 Å². The molecular formula is C21H25N3O3S. The summed E-state index contributed by atoms with van der Waals surface area (Å²) < 4.78 is 28.3. The van der Waals surface area contributed by atoms with Crippen LogP contribution in [0.2, 0.25) is 0 Å². The zero-order valence-electron chi connectivity index (χ0n) is 16.6. The topological polar surface area (TPSA) is 90.3 Å². The first-order chi connectivity index (χ1) is 13.2. The predicted octanol–water partition coefficient (Wildman–Crippen LogP) is 3.73. The van der Waals surface area contributed by atoms with E-state index >= 15 is 0 Å². The molecule has 0 bridgehead atoms. The van der Waals surface area contributed by atoms with Crippen molar-refractivity contribution in [1.29, 1.82) is 5.26 Å². The Morgan fingerprint density at radius 1 is 1.18 bits per heavy atom. The van der Waals surface area contributed by atoms with Crippen molar-refractivity contribution in [2.75, 3.05) is 17.8 Å². The van der Waals surface area contributed by atoms with E-state index in [2.05, 4.69) is 10.8 Å². The van der Waals surface area contributed by atoms with Crippen LogP contribution in [0.15, 0.2) is 47.4 Å². The fraction of sp³-hybridized carbons (Fsp3) is 0.333. The molecule has 28 heavy (non-hydrogen) atoms. The summed E-state index contributed by atoms with van der Waals surface area (Å²) in [4.78, 5) is 14.4. The molecule has 0 spiro atoms. The van der Waals surface area contributed by atoms with E-state index < -0.39 is 10.0 Å². The van der Waals surface area contributed by atoms with Crippen LogP contribution in [0.3, 0.4) is 0 Å². The van der Waals surface area contributed by atoms with E-state index in [1.165, 1.54) is 6.07 Å². The van der Waals surface area contributed by atoms with E-state index in [0.29, 0.717) is 24.3 Å². The smallest absolute Gasteiger partial charge is 0.262 e. The normalized spacial score (nSPS) is 12.1. The molecule has 0 aromatic heterocycles. The number of amides is 1. The van der Waals surface area contributed by atoms with Gasteiger partial charge in [0, 0.05) is 24.3 Å². The highest BCUT2D eigenvalue weighted by molar-refractivity contribution is 7.92. The molecule has 0 aliphatic carbocycles. The molecule has 2 rings (SSSR count). The predicted molar refractivity (Wildman–Crippen MR) is 110 cm³/mol. The van der Waals surface area contributed by atoms with Crippen LogP contribution in [0.1, 0.15) is 35.3 Å². The molecule has 7 heteroatoms. The summed E-state index contributed by atoms with van der Waals surface area (Å²) in [5.41, 5.74) is 2.31. The highest BCUT2D eigenvalue weighted by atomic mass is 32.2. The van der Waals surface area contributed by atoms with Crippen molar-refractivity contribution >= 4 is 21.6 Å². The fourth-order valence-electron chi connectivity index (χ4n) is 2.76. The molecule has 0 aliphatic rings. The largest absolute Gasteiger partial charge is 0.338 e. The number of anilines is 1. The summed E-state index contributed by atoms with van der Waals surface area (Å²) >= 11 is 0. The zero-order valence-corrected chi connectivity index (χ0v) is 17.4. The van der Waals surface area contributed by atoms with Gasteiger partial charge in [-0.2, -0.15) is 5.26 Å². The van der Waals surface area contributed by atoms with Crippen molar-refractivity contribution in [1.82, 2.24) is 4.90 Å². The molecule has 0 saturated carbocycles. The number of hydrogen-bond donors (Lipinski definition) is 1. The Kier molecular flexibility index (Phi) is 6.81. The lowest BCUT2D eigenvalue weighted by molar-refractivity contribution is 0.0752. The lowest BCUT2D eigenvalue weighted by atomic mass is 10.1. The molecule has 1 N–H and O–H groups in total. The molecule has 1 amide bonds. The van der Waals surface area contributed by atoms with Gasteiger partial charge in [-0.3, -0.25) is 9.52 Å². The van der Waals surface area contributed by atoms with Crippen molar-refractivity contribution < 1.29 is 13.2 Å². The second-order valence-corrected chi connectivity index (χ2v) is 8.48. The van der Waals surface area contributed by atoms with Gasteiger partial charge in [-0.1, -0.05) is 23.8 Å². The Morgan fingerprint density at radius 3 is 2.39 bits per heavy atom. The number of carbonyl (C=O) groups is 1.